The van der Waals surface area contributed by atoms with Crippen LogP contribution in [0.15, 0.2) is 47.1 Å². The summed E-state index contributed by atoms with van der Waals surface area (Å²) in [6.45, 7) is 2.13. The van der Waals surface area contributed by atoms with E-state index in [0.29, 0.717) is 11.3 Å². The standard InChI is InChI=1S/C16H16BrN3O/c17-13-5-3-12(4-6-13)16(21)19-14-7-8-15(18-11-14)20-9-1-2-10-20/h3-8,11H,1-2,9-10H2,(H,19,21). The third kappa shape index (κ3) is 3.42. The number of amides is 1. The average molecular weight is 346 g/mol. The van der Waals surface area contributed by atoms with Crippen LogP contribution in [0.3, 0.4) is 0 Å². The molecule has 0 saturated carbocycles. The second kappa shape index (κ2) is 6.26. The normalized spacial score (nSPS) is 14.2. The Labute approximate surface area is 132 Å². The number of anilines is 2. The van der Waals surface area contributed by atoms with Gasteiger partial charge in [0.15, 0.2) is 0 Å². The summed E-state index contributed by atoms with van der Waals surface area (Å²) in [7, 11) is 0. The van der Waals surface area contributed by atoms with E-state index >= 15 is 0 Å². The van der Waals surface area contributed by atoms with Crippen LogP contribution >= 0.6 is 15.9 Å². The molecule has 0 atom stereocenters. The Hall–Kier alpha value is -1.88. The lowest BCUT2D eigenvalue weighted by Crippen LogP contribution is -2.19. The summed E-state index contributed by atoms with van der Waals surface area (Å²) in [4.78, 5) is 18.8. The summed E-state index contributed by atoms with van der Waals surface area (Å²) in [6.07, 6.45) is 4.16. The van der Waals surface area contributed by atoms with Crippen LogP contribution in [0.1, 0.15) is 23.2 Å². The molecule has 1 amide bonds. The summed E-state index contributed by atoms with van der Waals surface area (Å²) in [6, 6.07) is 11.1. The van der Waals surface area contributed by atoms with Gasteiger partial charge < -0.3 is 10.2 Å². The lowest BCUT2D eigenvalue weighted by molar-refractivity contribution is 0.102. The van der Waals surface area contributed by atoms with Crippen LogP contribution in [0.25, 0.3) is 0 Å². The summed E-state index contributed by atoms with van der Waals surface area (Å²) in [5.74, 6) is 0.854. The maximum Gasteiger partial charge on any atom is 0.255 e. The van der Waals surface area contributed by atoms with Crippen molar-refractivity contribution in [2.45, 2.75) is 12.8 Å². The van der Waals surface area contributed by atoms with Crippen molar-refractivity contribution in [2.75, 3.05) is 23.3 Å². The zero-order valence-corrected chi connectivity index (χ0v) is 13.1. The zero-order chi connectivity index (χ0) is 14.7. The second-order valence-corrected chi connectivity index (χ2v) is 5.98. The van der Waals surface area contributed by atoms with Crippen molar-refractivity contribution in [2.24, 2.45) is 0 Å². The van der Waals surface area contributed by atoms with E-state index in [4.69, 9.17) is 0 Å². The molecule has 0 bridgehead atoms. The molecule has 0 spiro atoms. The van der Waals surface area contributed by atoms with Gasteiger partial charge in [-0.3, -0.25) is 4.79 Å². The lowest BCUT2D eigenvalue weighted by Gasteiger charge is -2.16. The van der Waals surface area contributed by atoms with Crippen molar-refractivity contribution < 1.29 is 4.79 Å². The number of aromatic nitrogens is 1. The predicted octanol–water partition coefficient (Wildman–Crippen LogP) is 3.70. The van der Waals surface area contributed by atoms with E-state index in [-0.39, 0.29) is 5.91 Å². The molecule has 1 aliphatic rings. The smallest absolute Gasteiger partial charge is 0.255 e. The highest BCUT2D eigenvalue weighted by Crippen LogP contribution is 2.19. The number of nitrogens with one attached hydrogen (secondary N) is 1. The molecule has 4 nitrogen and oxygen atoms in total. The van der Waals surface area contributed by atoms with E-state index in [1.807, 2.05) is 24.3 Å². The molecule has 0 unspecified atom stereocenters. The van der Waals surface area contributed by atoms with Crippen LogP contribution in [0.2, 0.25) is 0 Å². The molecular weight excluding hydrogens is 330 g/mol. The molecule has 0 radical (unpaired) electrons. The molecule has 1 saturated heterocycles. The van der Waals surface area contributed by atoms with Gasteiger partial charge in [0.2, 0.25) is 0 Å². The van der Waals surface area contributed by atoms with Crippen molar-refractivity contribution in [3.05, 3.63) is 52.6 Å². The topological polar surface area (TPSA) is 45.2 Å². The number of benzene rings is 1. The number of hydrogen-bond acceptors (Lipinski definition) is 3. The number of rotatable bonds is 3. The van der Waals surface area contributed by atoms with E-state index in [0.717, 1.165) is 23.4 Å². The molecule has 3 rings (SSSR count). The van der Waals surface area contributed by atoms with E-state index in [2.05, 4.69) is 31.1 Å². The Morgan fingerprint density at radius 1 is 1.10 bits per heavy atom. The van der Waals surface area contributed by atoms with Gasteiger partial charge in [-0.25, -0.2) is 4.98 Å². The summed E-state index contributed by atoms with van der Waals surface area (Å²) in [5.41, 5.74) is 1.34. The van der Waals surface area contributed by atoms with Gasteiger partial charge in [-0.15, -0.1) is 0 Å². The lowest BCUT2D eigenvalue weighted by atomic mass is 10.2. The van der Waals surface area contributed by atoms with Gasteiger partial charge in [0.25, 0.3) is 5.91 Å². The first-order valence-corrected chi connectivity index (χ1v) is 7.79. The van der Waals surface area contributed by atoms with Gasteiger partial charge in [-0.1, -0.05) is 15.9 Å². The summed E-state index contributed by atoms with van der Waals surface area (Å²) in [5, 5.41) is 2.86. The average Bonchev–Trinajstić information content (AvgIpc) is 3.03. The molecule has 0 aliphatic carbocycles. The fourth-order valence-corrected chi connectivity index (χ4v) is 2.66. The molecular formula is C16H16BrN3O. The first-order chi connectivity index (χ1) is 10.2. The van der Waals surface area contributed by atoms with Gasteiger partial charge in [0, 0.05) is 23.1 Å². The minimum Gasteiger partial charge on any atom is -0.357 e. The fourth-order valence-electron chi connectivity index (χ4n) is 2.40. The highest BCUT2D eigenvalue weighted by atomic mass is 79.9. The van der Waals surface area contributed by atoms with Crippen molar-refractivity contribution in [1.82, 2.24) is 4.98 Å². The van der Waals surface area contributed by atoms with Crippen molar-refractivity contribution in [3.8, 4) is 0 Å². The first kappa shape index (κ1) is 14.1. The quantitative estimate of drug-likeness (QED) is 0.922. The number of carbonyl (C=O) groups is 1. The highest BCUT2D eigenvalue weighted by molar-refractivity contribution is 9.10. The number of pyridine rings is 1. The van der Waals surface area contributed by atoms with Gasteiger partial charge >= 0.3 is 0 Å². The van der Waals surface area contributed by atoms with Gasteiger partial charge in [-0.2, -0.15) is 0 Å². The highest BCUT2D eigenvalue weighted by Gasteiger charge is 2.13. The molecule has 1 aromatic carbocycles. The molecule has 2 heterocycles. The molecule has 5 heteroatoms. The molecule has 1 N–H and O–H groups in total. The monoisotopic (exact) mass is 345 g/mol. The third-order valence-corrected chi connectivity index (χ3v) is 4.07. The van der Waals surface area contributed by atoms with Crippen LogP contribution in [-0.2, 0) is 0 Å². The SMILES string of the molecule is O=C(Nc1ccc(N2CCCC2)nc1)c1ccc(Br)cc1. The Morgan fingerprint density at radius 3 is 2.43 bits per heavy atom. The number of halogens is 1. The first-order valence-electron chi connectivity index (χ1n) is 7.00. The largest absolute Gasteiger partial charge is 0.357 e. The Balaban J connectivity index is 1.67. The van der Waals surface area contributed by atoms with Crippen LogP contribution in [-0.4, -0.2) is 24.0 Å². The van der Waals surface area contributed by atoms with E-state index in [1.165, 1.54) is 12.8 Å². The molecule has 108 valence electrons. The van der Waals surface area contributed by atoms with E-state index in [9.17, 15) is 4.79 Å². The maximum atomic E-state index is 12.1. The molecule has 21 heavy (non-hydrogen) atoms. The van der Waals surface area contributed by atoms with Crippen molar-refractivity contribution >= 4 is 33.3 Å². The number of hydrogen-bond donors (Lipinski definition) is 1. The van der Waals surface area contributed by atoms with Gasteiger partial charge in [0.05, 0.1) is 11.9 Å². The number of carbonyl (C=O) groups excluding carboxylic acids is 1. The minimum absolute atomic E-state index is 0.127. The molecule has 1 aromatic heterocycles. The van der Waals surface area contributed by atoms with Gasteiger partial charge in [0.1, 0.15) is 5.82 Å². The van der Waals surface area contributed by atoms with Crippen LogP contribution in [0, 0.1) is 0 Å². The van der Waals surface area contributed by atoms with E-state index in [1.54, 1.807) is 18.3 Å². The van der Waals surface area contributed by atoms with Crippen LogP contribution in [0.5, 0.6) is 0 Å². The Morgan fingerprint density at radius 2 is 1.81 bits per heavy atom. The Bertz CT molecular complexity index is 619. The molecule has 1 fully saturated rings. The summed E-state index contributed by atoms with van der Waals surface area (Å²) < 4.78 is 0.954. The molecule has 2 aromatic rings. The second-order valence-electron chi connectivity index (χ2n) is 5.06. The zero-order valence-electron chi connectivity index (χ0n) is 11.6. The number of nitrogens with zero attached hydrogens (tertiary/aromatic N) is 2. The van der Waals surface area contributed by atoms with Crippen LogP contribution in [0.4, 0.5) is 11.5 Å². The van der Waals surface area contributed by atoms with E-state index < -0.39 is 0 Å². The molecule has 1 aliphatic heterocycles. The fraction of sp³-hybridized carbons (Fsp3) is 0.250. The van der Waals surface area contributed by atoms with Gasteiger partial charge in [-0.05, 0) is 49.2 Å². The van der Waals surface area contributed by atoms with Crippen molar-refractivity contribution in [1.29, 1.82) is 0 Å². The third-order valence-electron chi connectivity index (χ3n) is 3.54. The van der Waals surface area contributed by atoms with Crippen molar-refractivity contribution in [3.63, 3.8) is 0 Å². The summed E-state index contributed by atoms with van der Waals surface area (Å²) >= 11 is 3.36. The predicted molar refractivity (Wildman–Crippen MR) is 87.8 cm³/mol. The Kier molecular flexibility index (Phi) is 4.20. The van der Waals surface area contributed by atoms with Crippen LogP contribution < -0.4 is 10.2 Å². The maximum absolute atomic E-state index is 12.1. The minimum atomic E-state index is -0.127.